The average molecular weight is 226 g/mol. The summed E-state index contributed by atoms with van der Waals surface area (Å²) in [7, 11) is 1.46. The van der Waals surface area contributed by atoms with Crippen molar-refractivity contribution in [2.24, 2.45) is 0 Å². The number of methoxy groups -OCH3 is 1. The largest absolute Gasteiger partial charge is 0.469 e. The van der Waals surface area contributed by atoms with E-state index in [4.69, 9.17) is 4.74 Å². The molecule has 0 radical (unpaired) electrons. The van der Waals surface area contributed by atoms with Gasteiger partial charge in [-0.3, -0.25) is 9.69 Å². The maximum absolute atomic E-state index is 11.2. The Bertz CT molecular complexity index is 257. The van der Waals surface area contributed by atoms with E-state index in [0.717, 1.165) is 13.1 Å². The Morgan fingerprint density at radius 1 is 1.44 bits per heavy atom. The minimum Gasteiger partial charge on any atom is -0.469 e. The fourth-order valence-electron chi connectivity index (χ4n) is 2.82. The van der Waals surface area contributed by atoms with Crippen LogP contribution >= 0.6 is 0 Å². The first kappa shape index (κ1) is 11.9. The van der Waals surface area contributed by atoms with Crippen molar-refractivity contribution < 1.29 is 9.53 Å². The summed E-state index contributed by atoms with van der Waals surface area (Å²) in [5.41, 5.74) is 0. The number of hydrogen-bond acceptors (Lipinski definition) is 4. The van der Waals surface area contributed by atoms with Gasteiger partial charge in [-0.05, 0) is 32.7 Å². The van der Waals surface area contributed by atoms with E-state index in [2.05, 4.69) is 17.1 Å². The van der Waals surface area contributed by atoms with Crippen molar-refractivity contribution in [3.63, 3.8) is 0 Å². The molecule has 2 fully saturated rings. The Labute approximate surface area is 97.3 Å². The van der Waals surface area contributed by atoms with Crippen LogP contribution in [0.4, 0.5) is 0 Å². The van der Waals surface area contributed by atoms with Gasteiger partial charge in [0.2, 0.25) is 0 Å². The van der Waals surface area contributed by atoms with Crippen molar-refractivity contribution in [1.82, 2.24) is 10.2 Å². The smallest absolute Gasteiger partial charge is 0.307 e. The zero-order valence-electron chi connectivity index (χ0n) is 10.2. The van der Waals surface area contributed by atoms with E-state index in [0.29, 0.717) is 24.5 Å². The maximum Gasteiger partial charge on any atom is 0.307 e. The van der Waals surface area contributed by atoms with Gasteiger partial charge >= 0.3 is 5.97 Å². The van der Waals surface area contributed by atoms with Gasteiger partial charge in [-0.25, -0.2) is 0 Å². The van der Waals surface area contributed by atoms with Gasteiger partial charge in [0.25, 0.3) is 0 Å². The SMILES string of the molecule is COC(=O)CC(C)N1CCC2CCC(C1)N2. The van der Waals surface area contributed by atoms with E-state index in [-0.39, 0.29) is 5.97 Å². The number of hydrogen-bond donors (Lipinski definition) is 1. The molecule has 0 saturated carbocycles. The number of fused-ring (bicyclic) bond motifs is 2. The predicted molar refractivity (Wildman–Crippen MR) is 62.2 cm³/mol. The van der Waals surface area contributed by atoms with E-state index in [1.165, 1.54) is 26.4 Å². The number of carbonyl (C=O) groups is 1. The minimum atomic E-state index is -0.102. The molecule has 0 aliphatic carbocycles. The minimum absolute atomic E-state index is 0.102. The molecule has 2 aliphatic rings. The van der Waals surface area contributed by atoms with Gasteiger partial charge in [0.1, 0.15) is 0 Å². The zero-order valence-corrected chi connectivity index (χ0v) is 10.2. The summed E-state index contributed by atoms with van der Waals surface area (Å²) in [6.45, 7) is 4.30. The van der Waals surface area contributed by atoms with E-state index in [9.17, 15) is 4.79 Å². The summed E-state index contributed by atoms with van der Waals surface area (Å²) >= 11 is 0. The van der Waals surface area contributed by atoms with Crippen LogP contribution in [0.2, 0.25) is 0 Å². The molecule has 4 nitrogen and oxygen atoms in total. The van der Waals surface area contributed by atoms with Crippen LogP contribution in [0, 0.1) is 0 Å². The first-order chi connectivity index (χ1) is 7.69. The molecule has 2 saturated heterocycles. The van der Waals surface area contributed by atoms with E-state index < -0.39 is 0 Å². The van der Waals surface area contributed by atoms with Crippen molar-refractivity contribution in [2.75, 3.05) is 20.2 Å². The third kappa shape index (κ3) is 2.74. The lowest BCUT2D eigenvalue weighted by Gasteiger charge is -2.29. The predicted octanol–water partition coefficient (Wildman–Crippen LogP) is 0.764. The highest BCUT2D eigenvalue weighted by Crippen LogP contribution is 2.22. The van der Waals surface area contributed by atoms with Gasteiger partial charge in [-0.15, -0.1) is 0 Å². The normalized spacial score (nSPS) is 32.1. The van der Waals surface area contributed by atoms with Crippen molar-refractivity contribution in [3.8, 4) is 0 Å². The lowest BCUT2D eigenvalue weighted by Crippen LogP contribution is -2.41. The fraction of sp³-hybridized carbons (Fsp3) is 0.917. The van der Waals surface area contributed by atoms with Gasteiger partial charge in [0.05, 0.1) is 13.5 Å². The molecule has 0 aromatic carbocycles. The molecule has 16 heavy (non-hydrogen) atoms. The quantitative estimate of drug-likeness (QED) is 0.722. The summed E-state index contributed by atoms with van der Waals surface area (Å²) in [5.74, 6) is -0.102. The molecule has 0 spiro atoms. The van der Waals surface area contributed by atoms with Crippen LogP contribution in [0.15, 0.2) is 0 Å². The summed E-state index contributed by atoms with van der Waals surface area (Å²) < 4.78 is 4.72. The number of rotatable bonds is 3. The van der Waals surface area contributed by atoms with Crippen molar-refractivity contribution in [1.29, 1.82) is 0 Å². The summed E-state index contributed by atoms with van der Waals surface area (Å²) in [5, 5.41) is 3.65. The molecule has 0 amide bonds. The topological polar surface area (TPSA) is 41.6 Å². The molecule has 3 atom stereocenters. The van der Waals surface area contributed by atoms with Crippen LogP contribution < -0.4 is 5.32 Å². The summed E-state index contributed by atoms with van der Waals surface area (Å²) in [6.07, 6.45) is 4.33. The lowest BCUT2D eigenvalue weighted by molar-refractivity contribution is -0.141. The Balaban J connectivity index is 1.86. The Morgan fingerprint density at radius 3 is 2.94 bits per heavy atom. The fourth-order valence-corrected chi connectivity index (χ4v) is 2.82. The zero-order chi connectivity index (χ0) is 11.5. The number of esters is 1. The van der Waals surface area contributed by atoms with Crippen LogP contribution in [-0.4, -0.2) is 49.2 Å². The molecule has 4 heteroatoms. The summed E-state index contributed by atoms with van der Waals surface area (Å²) in [6, 6.07) is 1.64. The van der Waals surface area contributed by atoms with Crippen LogP contribution in [0.1, 0.15) is 32.6 Å². The van der Waals surface area contributed by atoms with Crippen LogP contribution in [-0.2, 0) is 9.53 Å². The second kappa shape index (κ2) is 5.15. The van der Waals surface area contributed by atoms with Crippen LogP contribution in [0.25, 0.3) is 0 Å². The lowest BCUT2D eigenvalue weighted by atomic mass is 10.1. The molecular formula is C12H22N2O2. The highest BCUT2D eigenvalue weighted by Gasteiger charge is 2.31. The van der Waals surface area contributed by atoms with Crippen molar-refractivity contribution >= 4 is 5.97 Å². The van der Waals surface area contributed by atoms with Crippen molar-refractivity contribution in [2.45, 2.75) is 50.7 Å². The van der Waals surface area contributed by atoms with Crippen LogP contribution in [0.3, 0.4) is 0 Å². The number of nitrogens with one attached hydrogen (secondary N) is 1. The average Bonchev–Trinajstić information content (AvgIpc) is 2.57. The third-order valence-corrected chi connectivity index (χ3v) is 3.87. The van der Waals surface area contributed by atoms with E-state index >= 15 is 0 Å². The standard InChI is InChI=1S/C12H22N2O2/c1-9(7-12(15)16-2)14-6-5-10-3-4-11(8-14)13-10/h9-11,13H,3-8H2,1-2H3. The molecular weight excluding hydrogens is 204 g/mol. The third-order valence-electron chi connectivity index (χ3n) is 3.87. The Kier molecular flexibility index (Phi) is 3.82. The molecule has 2 heterocycles. The molecule has 0 aromatic rings. The van der Waals surface area contributed by atoms with Gasteiger partial charge in [0.15, 0.2) is 0 Å². The monoisotopic (exact) mass is 226 g/mol. The molecule has 2 aliphatic heterocycles. The number of likely N-dealkylation sites (tertiary alicyclic amines) is 1. The number of ether oxygens (including phenoxy) is 1. The first-order valence-electron chi connectivity index (χ1n) is 6.26. The van der Waals surface area contributed by atoms with Crippen LogP contribution in [0.5, 0.6) is 0 Å². The Hall–Kier alpha value is -0.610. The molecule has 2 bridgehead atoms. The molecule has 3 unspecified atom stereocenters. The Morgan fingerprint density at radius 2 is 2.19 bits per heavy atom. The van der Waals surface area contributed by atoms with E-state index in [1.807, 2.05) is 0 Å². The van der Waals surface area contributed by atoms with Gasteiger partial charge in [-0.1, -0.05) is 0 Å². The highest BCUT2D eigenvalue weighted by atomic mass is 16.5. The molecule has 92 valence electrons. The molecule has 0 aromatic heterocycles. The maximum atomic E-state index is 11.2. The molecule has 2 rings (SSSR count). The van der Waals surface area contributed by atoms with E-state index in [1.54, 1.807) is 0 Å². The van der Waals surface area contributed by atoms with Gasteiger partial charge in [-0.2, -0.15) is 0 Å². The second-order valence-corrected chi connectivity index (χ2v) is 5.05. The highest BCUT2D eigenvalue weighted by molar-refractivity contribution is 5.69. The van der Waals surface area contributed by atoms with Gasteiger partial charge < -0.3 is 10.1 Å². The van der Waals surface area contributed by atoms with Crippen molar-refractivity contribution in [3.05, 3.63) is 0 Å². The first-order valence-corrected chi connectivity index (χ1v) is 6.26. The second-order valence-electron chi connectivity index (χ2n) is 5.05. The number of carbonyl (C=O) groups excluding carboxylic acids is 1. The summed E-state index contributed by atoms with van der Waals surface area (Å²) in [4.78, 5) is 13.7. The van der Waals surface area contributed by atoms with Gasteiger partial charge in [0, 0.05) is 24.7 Å². The number of nitrogens with zero attached hydrogens (tertiary/aromatic N) is 1. The molecule has 1 N–H and O–H groups in total.